The van der Waals surface area contributed by atoms with Crippen molar-refractivity contribution >= 4 is 34.8 Å². The van der Waals surface area contributed by atoms with E-state index in [-0.39, 0.29) is 17.2 Å². The lowest BCUT2D eigenvalue weighted by Crippen LogP contribution is -2.40. The summed E-state index contributed by atoms with van der Waals surface area (Å²) in [5.74, 6) is -2.14. The lowest BCUT2D eigenvalue weighted by molar-refractivity contribution is -0.119. The van der Waals surface area contributed by atoms with Crippen LogP contribution >= 0.6 is 11.6 Å². The predicted octanol–water partition coefficient (Wildman–Crippen LogP) is 2.92. The molecule has 146 valence electrons. The van der Waals surface area contributed by atoms with Gasteiger partial charge in [-0.05, 0) is 48.9 Å². The number of carbonyl (C=O) groups is 2. The van der Waals surface area contributed by atoms with Crippen molar-refractivity contribution in [1.29, 1.82) is 0 Å². The maximum absolute atomic E-state index is 13.3. The minimum absolute atomic E-state index is 0.00936. The zero-order valence-corrected chi connectivity index (χ0v) is 15.6. The highest BCUT2D eigenvalue weighted by Crippen LogP contribution is 2.26. The van der Waals surface area contributed by atoms with E-state index in [9.17, 15) is 18.4 Å². The van der Waals surface area contributed by atoms with Crippen LogP contribution in [-0.2, 0) is 9.59 Å². The zero-order chi connectivity index (χ0) is 20.4. The number of nitrogens with one attached hydrogen (secondary N) is 1. The number of primary amides is 1. The lowest BCUT2D eigenvalue weighted by Gasteiger charge is -2.20. The van der Waals surface area contributed by atoms with Crippen molar-refractivity contribution in [3.63, 3.8) is 0 Å². The fourth-order valence-electron chi connectivity index (χ4n) is 2.85. The van der Waals surface area contributed by atoms with E-state index in [0.29, 0.717) is 11.3 Å². The van der Waals surface area contributed by atoms with Gasteiger partial charge in [-0.15, -0.1) is 0 Å². The minimum atomic E-state index is -0.859. The van der Waals surface area contributed by atoms with E-state index in [4.69, 9.17) is 17.3 Å². The average molecular weight is 407 g/mol. The third-order valence-electron chi connectivity index (χ3n) is 4.38. The molecular weight excluding hydrogens is 390 g/mol. The molecule has 6 nitrogen and oxygen atoms in total. The number of hydrazone groups is 1. The number of hydrogen-bond acceptors (Lipinski definition) is 4. The number of halogens is 3. The van der Waals surface area contributed by atoms with E-state index in [1.807, 2.05) is 0 Å². The predicted molar refractivity (Wildman–Crippen MR) is 102 cm³/mol. The van der Waals surface area contributed by atoms with Crippen LogP contribution in [0.1, 0.15) is 24.9 Å². The SMILES string of the molecule is CC(NC(=O)C1=NN(c2ccc(F)cc2)C(C(N)=O)C1)c1ccc(F)c(Cl)c1. The molecule has 2 atom stereocenters. The molecule has 3 rings (SSSR count). The zero-order valence-electron chi connectivity index (χ0n) is 14.8. The second kappa shape index (κ2) is 7.93. The number of rotatable bonds is 5. The Morgan fingerprint density at radius 2 is 1.93 bits per heavy atom. The molecule has 2 aromatic rings. The van der Waals surface area contributed by atoms with Gasteiger partial charge in [0.15, 0.2) is 0 Å². The number of carbonyl (C=O) groups excluding carboxylic acids is 2. The number of anilines is 1. The first-order chi connectivity index (χ1) is 13.3. The van der Waals surface area contributed by atoms with Crippen molar-refractivity contribution in [2.75, 3.05) is 5.01 Å². The van der Waals surface area contributed by atoms with Gasteiger partial charge in [0.1, 0.15) is 23.4 Å². The molecule has 1 aliphatic heterocycles. The van der Waals surface area contributed by atoms with E-state index in [1.165, 1.54) is 47.5 Å². The van der Waals surface area contributed by atoms with Crippen LogP contribution in [0.25, 0.3) is 0 Å². The van der Waals surface area contributed by atoms with E-state index in [0.717, 1.165) is 0 Å². The Balaban J connectivity index is 1.78. The molecule has 0 radical (unpaired) electrons. The molecule has 2 amide bonds. The van der Waals surface area contributed by atoms with Gasteiger partial charge in [-0.2, -0.15) is 5.10 Å². The van der Waals surface area contributed by atoms with Crippen LogP contribution in [0.4, 0.5) is 14.5 Å². The highest BCUT2D eigenvalue weighted by atomic mass is 35.5. The molecule has 0 fully saturated rings. The van der Waals surface area contributed by atoms with Gasteiger partial charge < -0.3 is 11.1 Å². The summed E-state index contributed by atoms with van der Waals surface area (Å²) in [6.07, 6.45) is 0.00936. The van der Waals surface area contributed by atoms with Gasteiger partial charge in [-0.25, -0.2) is 8.78 Å². The third-order valence-corrected chi connectivity index (χ3v) is 4.67. The van der Waals surface area contributed by atoms with Crippen LogP contribution < -0.4 is 16.1 Å². The van der Waals surface area contributed by atoms with Crippen LogP contribution in [0.15, 0.2) is 47.6 Å². The molecule has 0 aromatic heterocycles. The highest BCUT2D eigenvalue weighted by molar-refractivity contribution is 6.40. The molecule has 28 heavy (non-hydrogen) atoms. The Morgan fingerprint density at radius 1 is 1.25 bits per heavy atom. The summed E-state index contributed by atoms with van der Waals surface area (Å²) in [7, 11) is 0. The molecule has 1 heterocycles. The Hall–Kier alpha value is -3.00. The molecule has 2 unspecified atom stereocenters. The number of nitrogens with zero attached hydrogens (tertiary/aromatic N) is 2. The molecular formula is C19H17ClF2N4O2. The van der Waals surface area contributed by atoms with Crippen molar-refractivity contribution in [1.82, 2.24) is 5.32 Å². The number of nitrogens with two attached hydrogens (primary N) is 1. The Morgan fingerprint density at radius 3 is 2.54 bits per heavy atom. The van der Waals surface area contributed by atoms with Crippen LogP contribution in [0.3, 0.4) is 0 Å². The largest absolute Gasteiger partial charge is 0.368 e. The van der Waals surface area contributed by atoms with Gasteiger partial charge in [0.25, 0.3) is 5.91 Å². The van der Waals surface area contributed by atoms with E-state index < -0.39 is 35.5 Å². The first kappa shape index (κ1) is 19.8. The maximum atomic E-state index is 13.3. The number of amides is 2. The summed E-state index contributed by atoms with van der Waals surface area (Å²) in [4.78, 5) is 24.4. The van der Waals surface area contributed by atoms with E-state index in [1.54, 1.807) is 6.92 Å². The van der Waals surface area contributed by atoms with Crippen molar-refractivity contribution in [2.45, 2.75) is 25.4 Å². The summed E-state index contributed by atoms with van der Waals surface area (Å²) < 4.78 is 26.5. The van der Waals surface area contributed by atoms with Crippen molar-refractivity contribution in [3.05, 3.63) is 64.7 Å². The smallest absolute Gasteiger partial charge is 0.268 e. The molecule has 0 aliphatic carbocycles. The van der Waals surface area contributed by atoms with Crippen LogP contribution in [0, 0.1) is 11.6 Å². The summed E-state index contributed by atoms with van der Waals surface area (Å²) in [6.45, 7) is 1.71. The number of hydrogen-bond donors (Lipinski definition) is 2. The Bertz CT molecular complexity index is 949. The minimum Gasteiger partial charge on any atom is -0.368 e. The van der Waals surface area contributed by atoms with Gasteiger partial charge in [0, 0.05) is 6.42 Å². The summed E-state index contributed by atoms with van der Waals surface area (Å²) >= 11 is 5.78. The first-order valence-electron chi connectivity index (χ1n) is 8.43. The fourth-order valence-corrected chi connectivity index (χ4v) is 3.03. The monoisotopic (exact) mass is 406 g/mol. The second-order valence-electron chi connectivity index (χ2n) is 6.36. The molecule has 1 aliphatic rings. The van der Waals surface area contributed by atoms with Gasteiger partial charge in [-0.1, -0.05) is 17.7 Å². The Kier molecular flexibility index (Phi) is 5.60. The fraction of sp³-hybridized carbons (Fsp3) is 0.211. The standard InChI is InChI=1S/C19H17ClF2N4O2/c1-10(11-2-7-15(22)14(20)8-11)24-19(28)16-9-17(18(23)27)26(25-16)13-5-3-12(21)4-6-13/h2-8,10,17H,9H2,1H3,(H2,23,27)(H,24,28). The summed E-state index contributed by atoms with van der Waals surface area (Å²) in [6, 6.07) is 8.16. The first-order valence-corrected chi connectivity index (χ1v) is 8.81. The molecule has 0 saturated heterocycles. The molecule has 3 N–H and O–H groups in total. The average Bonchev–Trinajstić information content (AvgIpc) is 3.10. The molecule has 0 saturated carbocycles. The van der Waals surface area contributed by atoms with Crippen LogP contribution in [0.2, 0.25) is 5.02 Å². The molecule has 0 bridgehead atoms. The highest BCUT2D eigenvalue weighted by Gasteiger charge is 2.35. The summed E-state index contributed by atoms with van der Waals surface area (Å²) in [5, 5.41) is 8.19. The normalized spacial score (nSPS) is 17.2. The van der Waals surface area contributed by atoms with Crippen molar-refractivity contribution < 1.29 is 18.4 Å². The van der Waals surface area contributed by atoms with Gasteiger partial charge >= 0.3 is 0 Å². The Labute approximate surface area is 165 Å². The second-order valence-corrected chi connectivity index (χ2v) is 6.77. The van der Waals surface area contributed by atoms with E-state index >= 15 is 0 Å². The quantitative estimate of drug-likeness (QED) is 0.800. The van der Waals surface area contributed by atoms with Crippen LogP contribution in [0.5, 0.6) is 0 Å². The lowest BCUT2D eigenvalue weighted by atomic mass is 10.1. The number of benzene rings is 2. The molecule has 9 heteroatoms. The molecule has 0 spiro atoms. The summed E-state index contributed by atoms with van der Waals surface area (Å²) in [5.41, 5.74) is 6.58. The topological polar surface area (TPSA) is 87.8 Å². The third kappa shape index (κ3) is 4.12. The molecule has 2 aromatic carbocycles. The van der Waals surface area contributed by atoms with Crippen molar-refractivity contribution in [3.8, 4) is 0 Å². The van der Waals surface area contributed by atoms with Crippen LogP contribution in [-0.4, -0.2) is 23.6 Å². The van der Waals surface area contributed by atoms with Crippen molar-refractivity contribution in [2.24, 2.45) is 10.8 Å². The van der Waals surface area contributed by atoms with Gasteiger partial charge in [0.2, 0.25) is 5.91 Å². The van der Waals surface area contributed by atoms with Gasteiger partial charge in [-0.3, -0.25) is 14.6 Å². The van der Waals surface area contributed by atoms with E-state index in [2.05, 4.69) is 10.4 Å². The maximum Gasteiger partial charge on any atom is 0.268 e. The van der Waals surface area contributed by atoms with Gasteiger partial charge in [0.05, 0.1) is 16.8 Å².